The first-order chi connectivity index (χ1) is 9.02. The summed E-state index contributed by atoms with van der Waals surface area (Å²) in [6.45, 7) is 0.419. The normalized spacial score (nSPS) is 13.2. The molecule has 0 bridgehead atoms. The van der Waals surface area contributed by atoms with Gasteiger partial charge in [0.2, 0.25) is 0 Å². The van der Waals surface area contributed by atoms with E-state index in [-0.39, 0.29) is 13.1 Å². The highest BCUT2D eigenvalue weighted by atomic mass is 35.5. The number of benzene rings is 1. The van der Waals surface area contributed by atoms with Gasteiger partial charge in [0.25, 0.3) is 6.43 Å². The maximum absolute atomic E-state index is 12.4. The van der Waals surface area contributed by atoms with Crippen molar-refractivity contribution in [2.24, 2.45) is 0 Å². The second kappa shape index (κ2) is 8.43. The lowest BCUT2D eigenvalue weighted by Gasteiger charge is -2.24. The Bertz CT molecular complexity index is 379. The molecule has 0 spiro atoms. The van der Waals surface area contributed by atoms with E-state index in [0.29, 0.717) is 23.7 Å². The van der Waals surface area contributed by atoms with E-state index in [1.165, 1.54) is 12.0 Å². The van der Waals surface area contributed by atoms with Gasteiger partial charge in [0, 0.05) is 25.2 Å². The Kier molecular flexibility index (Phi) is 7.23. The van der Waals surface area contributed by atoms with E-state index in [4.69, 9.17) is 16.3 Å². The second-order valence-corrected chi connectivity index (χ2v) is 4.65. The van der Waals surface area contributed by atoms with Crippen LogP contribution in [0.2, 0.25) is 5.02 Å². The molecule has 1 unspecified atom stereocenters. The molecule has 1 atom stereocenters. The molecule has 1 rings (SSSR count). The molecular weight excluding hydrogens is 276 g/mol. The first-order valence-electron chi connectivity index (χ1n) is 5.96. The molecule has 6 heteroatoms. The van der Waals surface area contributed by atoms with Crippen LogP contribution in [-0.4, -0.2) is 49.8 Å². The maximum Gasteiger partial charge on any atom is 0.251 e. The first kappa shape index (κ1) is 16.3. The molecule has 0 saturated carbocycles. The summed E-state index contributed by atoms with van der Waals surface area (Å²) in [5.74, 6) is 0. The largest absolute Gasteiger partial charge is 0.387 e. The Hall–Kier alpha value is -0.750. The van der Waals surface area contributed by atoms with Gasteiger partial charge in [-0.2, -0.15) is 0 Å². The number of alkyl halides is 2. The van der Waals surface area contributed by atoms with E-state index in [9.17, 15) is 13.9 Å². The zero-order valence-corrected chi connectivity index (χ0v) is 11.5. The summed E-state index contributed by atoms with van der Waals surface area (Å²) in [4.78, 5) is 1.47. The molecule has 0 saturated heterocycles. The van der Waals surface area contributed by atoms with Gasteiger partial charge in [-0.25, -0.2) is 8.78 Å². The van der Waals surface area contributed by atoms with Crippen LogP contribution in [0, 0.1) is 0 Å². The zero-order chi connectivity index (χ0) is 14.3. The molecular formula is C13H18ClF2NO2. The summed E-state index contributed by atoms with van der Waals surface area (Å²) in [5.41, 5.74) is 0.615. The Morgan fingerprint density at radius 2 is 2.11 bits per heavy atom. The van der Waals surface area contributed by atoms with Gasteiger partial charge in [-0.05, 0) is 17.7 Å². The number of methoxy groups -OCH3 is 1. The van der Waals surface area contributed by atoms with E-state index in [0.717, 1.165) is 0 Å². The molecule has 0 heterocycles. The molecule has 1 aromatic carbocycles. The van der Waals surface area contributed by atoms with E-state index in [1.807, 2.05) is 0 Å². The summed E-state index contributed by atoms with van der Waals surface area (Å²) in [5, 5.41) is 10.5. The van der Waals surface area contributed by atoms with Gasteiger partial charge in [-0.1, -0.05) is 23.7 Å². The number of halogens is 3. The lowest BCUT2D eigenvalue weighted by Crippen LogP contribution is -2.35. The fourth-order valence-electron chi connectivity index (χ4n) is 1.74. The fourth-order valence-corrected chi connectivity index (χ4v) is 1.94. The molecule has 1 aromatic rings. The molecule has 0 fully saturated rings. The molecule has 0 amide bonds. The standard InChI is InChI=1S/C13H18ClF2NO2/c1-19-6-5-17(9-13(15)16)8-12(18)10-3-2-4-11(14)7-10/h2-4,7,12-13,18H,5-6,8-9H2,1H3. The average molecular weight is 294 g/mol. The van der Waals surface area contributed by atoms with Crippen molar-refractivity contribution in [1.82, 2.24) is 4.90 Å². The Labute approximate surface area is 116 Å². The summed E-state index contributed by atoms with van der Waals surface area (Å²) in [7, 11) is 1.51. The SMILES string of the molecule is COCCN(CC(F)F)CC(O)c1cccc(Cl)c1. The van der Waals surface area contributed by atoms with E-state index in [1.54, 1.807) is 24.3 Å². The third-order valence-corrected chi connectivity index (χ3v) is 2.91. The highest BCUT2D eigenvalue weighted by Crippen LogP contribution is 2.19. The molecule has 0 aliphatic rings. The van der Waals surface area contributed by atoms with Crippen molar-refractivity contribution in [3.63, 3.8) is 0 Å². The summed E-state index contributed by atoms with van der Waals surface area (Å²) in [6.07, 6.45) is -3.29. The van der Waals surface area contributed by atoms with E-state index < -0.39 is 12.5 Å². The number of hydrogen-bond acceptors (Lipinski definition) is 3. The minimum absolute atomic E-state index is 0.119. The third-order valence-electron chi connectivity index (χ3n) is 2.67. The van der Waals surface area contributed by atoms with Gasteiger partial charge < -0.3 is 9.84 Å². The van der Waals surface area contributed by atoms with Crippen LogP contribution in [0.4, 0.5) is 8.78 Å². The molecule has 19 heavy (non-hydrogen) atoms. The number of ether oxygens (including phenoxy) is 1. The van der Waals surface area contributed by atoms with Crippen molar-refractivity contribution in [1.29, 1.82) is 0 Å². The van der Waals surface area contributed by atoms with Crippen LogP contribution in [0.1, 0.15) is 11.7 Å². The smallest absolute Gasteiger partial charge is 0.251 e. The third kappa shape index (κ3) is 6.29. The summed E-state index contributed by atoms with van der Waals surface area (Å²) < 4.78 is 29.8. The van der Waals surface area contributed by atoms with Crippen molar-refractivity contribution in [3.05, 3.63) is 34.9 Å². The minimum atomic E-state index is -2.44. The maximum atomic E-state index is 12.4. The minimum Gasteiger partial charge on any atom is -0.387 e. The predicted octanol–water partition coefficient (Wildman–Crippen LogP) is 2.59. The van der Waals surface area contributed by atoms with Crippen LogP contribution in [0.3, 0.4) is 0 Å². The van der Waals surface area contributed by atoms with Crippen molar-refractivity contribution < 1.29 is 18.6 Å². The monoisotopic (exact) mass is 293 g/mol. The van der Waals surface area contributed by atoms with Gasteiger partial charge in [0.05, 0.1) is 19.3 Å². The van der Waals surface area contributed by atoms with Crippen LogP contribution in [0.25, 0.3) is 0 Å². The lowest BCUT2D eigenvalue weighted by atomic mass is 10.1. The van der Waals surface area contributed by atoms with Crippen molar-refractivity contribution in [2.45, 2.75) is 12.5 Å². The van der Waals surface area contributed by atoms with Gasteiger partial charge in [-0.15, -0.1) is 0 Å². The highest BCUT2D eigenvalue weighted by molar-refractivity contribution is 6.30. The number of hydrogen-bond donors (Lipinski definition) is 1. The molecule has 0 aliphatic carbocycles. The van der Waals surface area contributed by atoms with Crippen molar-refractivity contribution in [2.75, 3.05) is 33.4 Å². The average Bonchev–Trinajstić information content (AvgIpc) is 2.35. The zero-order valence-electron chi connectivity index (χ0n) is 10.7. The second-order valence-electron chi connectivity index (χ2n) is 4.21. The first-order valence-corrected chi connectivity index (χ1v) is 6.33. The van der Waals surface area contributed by atoms with Crippen LogP contribution >= 0.6 is 11.6 Å². The van der Waals surface area contributed by atoms with Gasteiger partial charge >= 0.3 is 0 Å². The van der Waals surface area contributed by atoms with Crippen LogP contribution in [0.5, 0.6) is 0 Å². The number of aliphatic hydroxyl groups is 1. The molecule has 3 nitrogen and oxygen atoms in total. The quantitative estimate of drug-likeness (QED) is 0.800. The van der Waals surface area contributed by atoms with Crippen LogP contribution in [0.15, 0.2) is 24.3 Å². The number of nitrogens with zero attached hydrogens (tertiary/aromatic N) is 1. The number of rotatable bonds is 8. The van der Waals surface area contributed by atoms with Crippen LogP contribution in [-0.2, 0) is 4.74 Å². The molecule has 0 radical (unpaired) electrons. The van der Waals surface area contributed by atoms with Crippen molar-refractivity contribution in [3.8, 4) is 0 Å². The van der Waals surface area contributed by atoms with Gasteiger partial charge in [-0.3, -0.25) is 4.90 Å². The fraction of sp³-hybridized carbons (Fsp3) is 0.538. The Balaban J connectivity index is 2.61. The topological polar surface area (TPSA) is 32.7 Å². The summed E-state index contributed by atoms with van der Waals surface area (Å²) in [6, 6.07) is 6.75. The Morgan fingerprint density at radius 1 is 1.37 bits per heavy atom. The van der Waals surface area contributed by atoms with E-state index >= 15 is 0 Å². The Morgan fingerprint density at radius 3 is 2.68 bits per heavy atom. The molecule has 108 valence electrons. The number of aliphatic hydroxyl groups excluding tert-OH is 1. The molecule has 0 aromatic heterocycles. The van der Waals surface area contributed by atoms with Gasteiger partial charge in [0.15, 0.2) is 0 Å². The molecule has 1 N–H and O–H groups in total. The van der Waals surface area contributed by atoms with Crippen LogP contribution < -0.4 is 0 Å². The van der Waals surface area contributed by atoms with Crippen molar-refractivity contribution >= 4 is 11.6 Å². The summed E-state index contributed by atoms with van der Waals surface area (Å²) >= 11 is 5.83. The lowest BCUT2D eigenvalue weighted by molar-refractivity contribution is 0.0406. The predicted molar refractivity (Wildman–Crippen MR) is 70.7 cm³/mol. The highest BCUT2D eigenvalue weighted by Gasteiger charge is 2.17. The van der Waals surface area contributed by atoms with E-state index in [2.05, 4.69) is 0 Å². The molecule has 0 aliphatic heterocycles. The van der Waals surface area contributed by atoms with Gasteiger partial charge in [0.1, 0.15) is 0 Å².